The number of ether oxygens (including phenoxy) is 1. The van der Waals surface area contributed by atoms with E-state index in [4.69, 9.17) is 4.74 Å². The summed E-state index contributed by atoms with van der Waals surface area (Å²) in [7, 11) is 1.56. The number of hydrogen-bond donors (Lipinski definition) is 3. The van der Waals surface area contributed by atoms with Gasteiger partial charge in [0.05, 0.1) is 18.5 Å². The van der Waals surface area contributed by atoms with E-state index >= 15 is 0 Å². The lowest BCUT2D eigenvalue weighted by Crippen LogP contribution is -2.25. The number of anilines is 1. The lowest BCUT2D eigenvalue weighted by Gasteiger charge is -2.26. The Morgan fingerprint density at radius 2 is 1.96 bits per heavy atom. The highest BCUT2D eigenvalue weighted by molar-refractivity contribution is 6.04. The summed E-state index contributed by atoms with van der Waals surface area (Å²) in [4.78, 5) is 24.1. The topological polar surface area (TPSA) is 101 Å². The number of carboxylic acids is 1. The van der Waals surface area contributed by atoms with Gasteiger partial charge in [0, 0.05) is 30.3 Å². The number of hydrogen-bond acceptors (Lipinski definition) is 4. The molecular weight excluding hydrogens is 360 g/mol. The zero-order valence-electron chi connectivity index (χ0n) is 15.0. The minimum Gasteiger partial charge on any atom is -0.508 e. The van der Waals surface area contributed by atoms with Gasteiger partial charge in [-0.15, -0.1) is 0 Å². The number of phenolic OH excluding ortho intramolecular Hbond substituents is 1. The van der Waals surface area contributed by atoms with E-state index in [0.717, 1.165) is 11.3 Å². The van der Waals surface area contributed by atoms with Crippen LogP contribution in [0.3, 0.4) is 0 Å². The number of carbonyl (C=O) groups is 2. The van der Waals surface area contributed by atoms with E-state index in [9.17, 15) is 19.8 Å². The van der Waals surface area contributed by atoms with Crippen molar-refractivity contribution < 1.29 is 24.5 Å². The van der Waals surface area contributed by atoms with E-state index in [1.807, 2.05) is 12.1 Å². The van der Waals surface area contributed by atoms with Crippen molar-refractivity contribution in [1.82, 2.24) is 4.57 Å². The second-order valence-corrected chi connectivity index (χ2v) is 6.58. The predicted molar refractivity (Wildman–Crippen MR) is 102 cm³/mol. The molecule has 0 radical (unpaired) electrons. The summed E-state index contributed by atoms with van der Waals surface area (Å²) in [6.45, 7) is 0. The highest BCUT2D eigenvalue weighted by Crippen LogP contribution is 2.42. The van der Waals surface area contributed by atoms with Crippen LogP contribution >= 0.6 is 0 Å². The Hall–Kier alpha value is -3.74. The zero-order chi connectivity index (χ0) is 19.8. The van der Waals surface area contributed by atoms with Gasteiger partial charge in [-0.3, -0.25) is 4.79 Å². The molecule has 3 N–H and O–H groups in total. The van der Waals surface area contributed by atoms with Crippen LogP contribution in [-0.2, 0) is 4.79 Å². The van der Waals surface area contributed by atoms with Gasteiger partial charge in [-0.05, 0) is 29.8 Å². The van der Waals surface area contributed by atoms with Crippen molar-refractivity contribution in [3.63, 3.8) is 0 Å². The number of carbonyl (C=O) groups excluding carboxylic acids is 1. The number of phenols is 1. The Bertz CT molecular complexity index is 1070. The van der Waals surface area contributed by atoms with Gasteiger partial charge < -0.3 is 24.8 Å². The Morgan fingerprint density at radius 3 is 2.64 bits per heavy atom. The number of methoxy groups -OCH3 is 1. The van der Waals surface area contributed by atoms with Crippen molar-refractivity contribution in [2.45, 2.75) is 12.3 Å². The highest BCUT2D eigenvalue weighted by Gasteiger charge is 2.34. The first-order valence-corrected chi connectivity index (χ1v) is 8.69. The zero-order valence-corrected chi connectivity index (χ0v) is 15.0. The molecule has 142 valence electrons. The average Bonchev–Trinajstić information content (AvgIpc) is 3.07. The first-order chi connectivity index (χ1) is 13.5. The van der Waals surface area contributed by atoms with Gasteiger partial charge in [-0.2, -0.15) is 0 Å². The van der Waals surface area contributed by atoms with Gasteiger partial charge in [0.15, 0.2) is 0 Å². The first-order valence-electron chi connectivity index (χ1n) is 8.69. The summed E-state index contributed by atoms with van der Waals surface area (Å²) < 4.78 is 7.07. The monoisotopic (exact) mass is 378 g/mol. The molecular formula is C21H18N2O5. The quantitative estimate of drug-likeness (QED) is 0.646. The molecule has 3 aromatic rings. The summed E-state index contributed by atoms with van der Waals surface area (Å²) in [5.74, 6) is -0.971. The molecule has 1 aliphatic rings. The number of nitrogens with one attached hydrogen (secondary N) is 1. The predicted octanol–water partition coefficient (Wildman–Crippen LogP) is 3.36. The number of rotatable bonds is 4. The van der Waals surface area contributed by atoms with Crippen LogP contribution in [0.15, 0.2) is 54.7 Å². The summed E-state index contributed by atoms with van der Waals surface area (Å²) in [5.41, 5.74) is 2.53. The number of aromatic hydroxyl groups is 1. The second-order valence-electron chi connectivity index (χ2n) is 6.58. The highest BCUT2D eigenvalue weighted by atomic mass is 16.5. The van der Waals surface area contributed by atoms with Crippen molar-refractivity contribution in [2.75, 3.05) is 12.4 Å². The molecule has 0 fully saturated rings. The molecule has 2 aromatic carbocycles. The molecule has 1 amide bonds. The Morgan fingerprint density at radius 1 is 1.21 bits per heavy atom. The van der Waals surface area contributed by atoms with Gasteiger partial charge in [0.1, 0.15) is 17.1 Å². The molecule has 0 unspecified atom stereocenters. The Balaban J connectivity index is 1.96. The van der Waals surface area contributed by atoms with Crippen LogP contribution in [0, 0.1) is 0 Å². The van der Waals surface area contributed by atoms with Crippen LogP contribution in [0.25, 0.3) is 5.69 Å². The number of nitrogens with zero attached hydrogens (tertiary/aromatic N) is 1. The van der Waals surface area contributed by atoms with Crippen molar-refractivity contribution in [2.24, 2.45) is 0 Å². The van der Waals surface area contributed by atoms with Crippen molar-refractivity contribution >= 4 is 17.6 Å². The molecule has 28 heavy (non-hydrogen) atoms. The van der Waals surface area contributed by atoms with Gasteiger partial charge in [-0.25, -0.2) is 4.79 Å². The molecule has 1 atom stereocenters. The van der Waals surface area contributed by atoms with Crippen molar-refractivity contribution in [3.8, 4) is 17.2 Å². The SMILES string of the molecule is COc1cccc(-n2cc(C(=O)O)c3c2[C@@H](c2ccc(O)cc2)CC(=O)N3)c1. The molecule has 0 bridgehead atoms. The smallest absolute Gasteiger partial charge is 0.339 e. The Labute approximate surface area is 160 Å². The van der Waals surface area contributed by atoms with Crippen LogP contribution in [0.5, 0.6) is 11.5 Å². The maximum atomic E-state index is 12.3. The fraction of sp³-hybridized carbons (Fsp3) is 0.143. The van der Waals surface area contributed by atoms with E-state index in [2.05, 4.69) is 5.32 Å². The second kappa shape index (κ2) is 6.77. The standard InChI is InChI=1S/C21H18N2O5/c1-28-15-4-2-3-13(9-15)23-11-17(21(26)27)19-20(23)16(10-18(25)22-19)12-5-7-14(24)8-6-12/h2-9,11,16,24H,10H2,1H3,(H,22,25)(H,26,27)/t16-/m1/s1. The Kier molecular flexibility index (Phi) is 4.27. The van der Waals surface area contributed by atoms with Crippen LogP contribution in [0.1, 0.15) is 34.0 Å². The third-order valence-electron chi connectivity index (χ3n) is 4.88. The number of aromatic nitrogens is 1. The lowest BCUT2D eigenvalue weighted by molar-refractivity contribution is -0.116. The largest absolute Gasteiger partial charge is 0.508 e. The fourth-order valence-electron chi connectivity index (χ4n) is 3.59. The number of carboxylic acid groups (broad SMARTS) is 1. The van der Waals surface area contributed by atoms with E-state index < -0.39 is 5.97 Å². The minimum atomic E-state index is -1.12. The van der Waals surface area contributed by atoms with Gasteiger partial charge in [0.2, 0.25) is 5.91 Å². The number of fused-ring (bicyclic) bond motifs is 1. The maximum Gasteiger partial charge on any atom is 0.339 e. The van der Waals surface area contributed by atoms with E-state index in [1.165, 1.54) is 6.20 Å². The lowest BCUT2D eigenvalue weighted by atomic mass is 9.88. The molecule has 7 heteroatoms. The van der Waals surface area contributed by atoms with Gasteiger partial charge >= 0.3 is 5.97 Å². The van der Waals surface area contributed by atoms with Gasteiger partial charge in [-0.1, -0.05) is 18.2 Å². The molecule has 2 heterocycles. The van der Waals surface area contributed by atoms with Crippen LogP contribution in [0.4, 0.5) is 5.69 Å². The van der Waals surface area contributed by atoms with Crippen LogP contribution < -0.4 is 10.1 Å². The van der Waals surface area contributed by atoms with E-state index in [1.54, 1.807) is 48.1 Å². The minimum absolute atomic E-state index is 0.0228. The normalized spacial score (nSPS) is 15.6. The molecule has 4 rings (SSSR count). The third kappa shape index (κ3) is 2.96. The molecule has 0 saturated carbocycles. The molecule has 1 aliphatic heterocycles. The third-order valence-corrected chi connectivity index (χ3v) is 4.88. The van der Waals surface area contributed by atoms with E-state index in [0.29, 0.717) is 17.1 Å². The summed E-state index contributed by atoms with van der Waals surface area (Å²) in [6, 6.07) is 13.9. The molecule has 0 spiro atoms. The number of benzene rings is 2. The molecule has 0 aliphatic carbocycles. The molecule has 7 nitrogen and oxygen atoms in total. The number of aromatic carboxylic acids is 1. The summed E-state index contributed by atoms with van der Waals surface area (Å²) in [6.07, 6.45) is 1.69. The maximum absolute atomic E-state index is 12.3. The molecule has 0 saturated heterocycles. The van der Waals surface area contributed by atoms with E-state index in [-0.39, 0.29) is 29.6 Å². The summed E-state index contributed by atoms with van der Waals surface area (Å²) >= 11 is 0. The van der Waals surface area contributed by atoms with Crippen molar-refractivity contribution in [3.05, 3.63) is 71.5 Å². The van der Waals surface area contributed by atoms with Crippen LogP contribution in [0.2, 0.25) is 0 Å². The molecule has 1 aromatic heterocycles. The first kappa shape index (κ1) is 17.7. The average molecular weight is 378 g/mol. The van der Waals surface area contributed by atoms with Crippen LogP contribution in [-0.4, -0.2) is 33.8 Å². The number of amides is 1. The fourth-order valence-corrected chi connectivity index (χ4v) is 3.59. The summed E-state index contributed by atoms with van der Waals surface area (Å²) in [5, 5.41) is 22.0. The van der Waals surface area contributed by atoms with Gasteiger partial charge in [0.25, 0.3) is 0 Å². The van der Waals surface area contributed by atoms with Crippen molar-refractivity contribution in [1.29, 1.82) is 0 Å².